The predicted octanol–water partition coefficient (Wildman–Crippen LogP) is 9.01. The van der Waals surface area contributed by atoms with E-state index in [1.54, 1.807) is 0 Å². The highest BCUT2D eigenvalue weighted by Gasteiger charge is 2.74. The van der Waals surface area contributed by atoms with E-state index in [1.165, 1.54) is 6.92 Å². The van der Waals surface area contributed by atoms with Crippen LogP contribution in [0.4, 0.5) is 75.4 Å². The lowest BCUT2D eigenvalue weighted by atomic mass is 9.72. The van der Waals surface area contributed by atoms with Crippen LogP contribution in [0, 0.1) is 6.92 Å². The molecule has 5 aromatic rings. The lowest BCUT2D eigenvalue weighted by molar-refractivity contribution is -0.290. The summed E-state index contributed by atoms with van der Waals surface area (Å²) in [4.78, 5) is 27.0. The van der Waals surface area contributed by atoms with Crippen LogP contribution in [0.3, 0.4) is 0 Å². The van der Waals surface area contributed by atoms with Gasteiger partial charge < -0.3 is 47.6 Å². The second-order valence-corrected chi connectivity index (χ2v) is 13.6. The molecular weight excluding hydrogens is 864 g/mol. The number of nitrogens with one attached hydrogen (secondary N) is 2. The van der Waals surface area contributed by atoms with Crippen molar-refractivity contribution in [2.45, 2.75) is 42.5 Å². The minimum absolute atomic E-state index is 0.0991. The smallest absolute Gasteiger partial charge is 0.411 e. The Labute approximate surface area is 339 Å². The fraction of sp³-hybridized carbons (Fsp3) is 0.179. The highest BCUT2D eigenvalue weighted by atomic mass is 19.4. The summed E-state index contributed by atoms with van der Waals surface area (Å²) in [5, 5.41) is 55.0. The number of alkyl halides is 12. The summed E-state index contributed by atoms with van der Waals surface area (Å²) in [5.41, 5.74) is -11.3. The SMILES string of the molecule is Cc1cc(C(=O)Nc2cc(C(c3ccc(O)c(N)c3)(C(F)(F)F)C(F)(F)F)ccc2O)c(O)c(C(=O)Nc2cc(C(c3ccc(O)c(N)c3)(C(F)(F)F)C(F)(F)F)ccc2O)c1. The van der Waals surface area contributed by atoms with Gasteiger partial charge in [0.15, 0.2) is 0 Å². The molecule has 2 amide bonds. The molecule has 0 radical (unpaired) electrons. The van der Waals surface area contributed by atoms with Gasteiger partial charge in [0.1, 0.15) is 28.7 Å². The van der Waals surface area contributed by atoms with Gasteiger partial charge in [-0.1, -0.05) is 24.3 Å². The molecule has 0 spiro atoms. The monoisotopic (exact) mass is 892 g/mol. The number of halogens is 12. The van der Waals surface area contributed by atoms with Crippen molar-refractivity contribution in [2.75, 3.05) is 22.1 Å². The van der Waals surface area contributed by atoms with Crippen LogP contribution in [0.1, 0.15) is 48.5 Å². The van der Waals surface area contributed by atoms with E-state index >= 15 is 0 Å². The molecule has 0 saturated heterocycles. The number of carbonyl (C=O) groups excluding carboxylic acids is 2. The van der Waals surface area contributed by atoms with Crippen molar-refractivity contribution in [1.82, 2.24) is 0 Å². The molecule has 0 bridgehead atoms. The Morgan fingerprint density at radius 1 is 0.452 bits per heavy atom. The Bertz CT molecular complexity index is 2390. The number of carbonyl (C=O) groups is 2. The third-order valence-corrected chi connectivity index (χ3v) is 9.72. The zero-order valence-electron chi connectivity index (χ0n) is 30.8. The minimum Gasteiger partial charge on any atom is -0.506 e. The van der Waals surface area contributed by atoms with Crippen molar-refractivity contribution in [3.63, 3.8) is 0 Å². The van der Waals surface area contributed by atoms with Gasteiger partial charge in [0.05, 0.1) is 33.9 Å². The molecule has 23 heteroatoms. The van der Waals surface area contributed by atoms with E-state index < -0.39 is 132 Å². The van der Waals surface area contributed by atoms with Crippen molar-refractivity contribution in [2.24, 2.45) is 0 Å². The normalized spacial score (nSPS) is 12.9. The average Bonchev–Trinajstić information content (AvgIpc) is 3.12. The van der Waals surface area contributed by atoms with E-state index in [2.05, 4.69) is 0 Å². The number of amides is 2. The summed E-state index contributed by atoms with van der Waals surface area (Å²) in [6, 6.07) is 5.01. The Balaban J connectivity index is 1.57. The molecule has 0 aliphatic heterocycles. The van der Waals surface area contributed by atoms with Crippen LogP contribution in [0.5, 0.6) is 28.7 Å². The molecule has 0 aliphatic rings. The maximum Gasteiger partial charge on any atom is 0.411 e. The first-order valence-corrected chi connectivity index (χ1v) is 17.0. The first kappa shape index (κ1) is 45.9. The number of aromatic hydroxyl groups is 5. The topological polar surface area (TPSA) is 211 Å². The van der Waals surface area contributed by atoms with E-state index in [1.807, 2.05) is 10.6 Å². The standard InChI is InChI=1S/C39H28F12N4O7/c1-16-10-21(32(61)54-25-14-19(4-8-29(25)58)34(36(40,41)42,37(43,44)45)17-2-6-27(56)23(52)12-17)31(60)22(11-16)33(62)55-26-15-20(5-9-30(26)59)35(38(46,47)48,39(49,50)51)18-3-7-28(57)24(53)13-18/h2-15,56-60H,52-53H2,1H3,(H,54,61)(H,55,62). The number of hydrogen-bond donors (Lipinski definition) is 9. The summed E-state index contributed by atoms with van der Waals surface area (Å²) in [7, 11) is 0. The number of phenols is 5. The maximum atomic E-state index is 14.8. The van der Waals surface area contributed by atoms with Crippen LogP contribution in [0.15, 0.2) is 84.9 Å². The van der Waals surface area contributed by atoms with Gasteiger partial charge >= 0.3 is 24.7 Å². The van der Waals surface area contributed by atoms with Crippen LogP contribution < -0.4 is 22.1 Å². The molecule has 5 aromatic carbocycles. The van der Waals surface area contributed by atoms with Crippen molar-refractivity contribution >= 4 is 34.6 Å². The lowest BCUT2D eigenvalue weighted by Crippen LogP contribution is -2.54. The Kier molecular flexibility index (Phi) is 11.4. The molecular formula is C39H28F12N4O7. The molecule has 62 heavy (non-hydrogen) atoms. The number of anilines is 4. The molecule has 330 valence electrons. The molecule has 0 aromatic heterocycles. The number of nitrogen functional groups attached to an aromatic ring is 2. The van der Waals surface area contributed by atoms with Gasteiger partial charge in [0, 0.05) is 0 Å². The van der Waals surface area contributed by atoms with Gasteiger partial charge in [-0.3, -0.25) is 9.59 Å². The third-order valence-electron chi connectivity index (χ3n) is 9.72. The number of nitrogens with two attached hydrogens (primary N) is 2. The molecule has 0 saturated carbocycles. The molecule has 0 unspecified atom stereocenters. The quantitative estimate of drug-likeness (QED) is 0.0413. The van der Waals surface area contributed by atoms with E-state index in [4.69, 9.17) is 11.5 Å². The van der Waals surface area contributed by atoms with Gasteiger partial charge in [0.25, 0.3) is 11.8 Å². The van der Waals surface area contributed by atoms with Crippen molar-refractivity contribution < 1.29 is 87.8 Å². The zero-order valence-corrected chi connectivity index (χ0v) is 30.8. The van der Waals surface area contributed by atoms with E-state index in [9.17, 15) is 87.8 Å². The van der Waals surface area contributed by atoms with Crippen LogP contribution in [0.25, 0.3) is 0 Å². The number of rotatable bonds is 8. The first-order chi connectivity index (χ1) is 28.4. The Hall–Kier alpha value is -7.20. The molecule has 0 aliphatic carbocycles. The first-order valence-electron chi connectivity index (χ1n) is 17.0. The maximum absolute atomic E-state index is 14.8. The molecule has 11 N–H and O–H groups in total. The van der Waals surface area contributed by atoms with E-state index in [0.29, 0.717) is 36.4 Å². The Morgan fingerprint density at radius 2 is 0.726 bits per heavy atom. The second kappa shape index (κ2) is 15.4. The van der Waals surface area contributed by atoms with Crippen LogP contribution >= 0.6 is 0 Å². The molecule has 5 rings (SSSR count). The highest BCUT2D eigenvalue weighted by Crippen LogP contribution is 2.59. The fourth-order valence-electron chi connectivity index (χ4n) is 6.78. The largest absolute Gasteiger partial charge is 0.506 e. The highest BCUT2D eigenvalue weighted by molar-refractivity contribution is 6.12. The predicted molar refractivity (Wildman–Crippen MR) is 196 cm³/mol. The van der Waals surface area contributed by atoms with Crippen molar-refractivity contribution in [3.05, 3.63) is 124 Å². The summed E-state index contributed by atoms with van der Waals surface area (Å²) >= 11 is 0. The van der Waals surface area contributed by atoms with Crippen LogP contribution in [-0.4, -0.2) is 62.1 Å². The molecule has 11 nitrogen and oxygen atoms in total. The number of phenolic OH excluding ortho intramolecular Hbond substituents is 5. The average molecular weight is 893 g/mol. The van der Waals surface area contributed by atoms with E-state index in [-0.39, 0.29) is 42.0 Å². The van der Waals surface area contributed by atoms with Gasteiger partial charge in [-0.15, -0.1) is 0 Å². The number of aryl methyl sites for hydroxylation is 1. The van der Waals surface area contributed by atoms with Crippen LogP contribution in [-0.2, 0) is 10.8 Å². The lowest BCUT2D eigenvalue weighted by Gasteiger charge is -2.38. The zero-order chi connectivity index (χ0) is 46.7. The molecule has 0 heterocycles. The van der Waals surface area contributed by atoms with Crippen LogP contribution in [0.2, 0.25) is 0 Å². The third kappa shape index (κ3) is 7.57. The summed E-state index contributed by atoms with van der Waals surface area (Å²) in [6.45, 7) is 1.18. The summed E-state index contributed by atoms with van der Waals surface area (Å²) in [6.07, 6.45) is -24.8. The van der Waals surface area contributed by atoms with Crippen molar-refractivity contribution in [1.29, 1.82) is 0 Å². The van der Waals surface area contributed by atoms with Gasteiger partial charge in [-0.2, -0.15) is 52.7 Å². The molecule has 0 fully saturated rings. The van der Waals surface area contributed by atoms with Gasteiger partial charge in [-0.05, 0) is 95.4 Å². The minimum atomic E-state index is -6.21. The van der Waals surface area contributed by atoms with E-state index in [0.717, 1.165) is 12.1 Å². The summed E-state index contributed by atoms with van der Waals surface area (Å²) in [5.74, 6) is -8.46. The Morgan fingerprint density at radius 3 is 1.00 bits per heavy atom. The second-order valence-electron chi connectivity index (χ2n) is 13.6. The van der Waals surface area contributed by atoms with Gasteiger partial charge in [0.2, 0.25) is 10.8 Å². The van der Waals surface area contributed by atoms with Crippen molar-refractivity contribution in [3.8, 4) is 28.7 Å². The number of hydrogen-bond acceptors (Lipinski definition) is 9. The molecule has 0 atom stereocenters. The fourth-order valence-corrected chi connectivity index (χ4v) is 6.78. The van der Waals surface area contributed by atoms with Gasteiger partial charge in [-0.25, -0.2) is 0 Å². The summed E-state index contributed by atoms with van der Waals surface area (Å²) < 4.78 is 177. The number of benzene rings is 5.